The SMILES string of the molecule is O=C1CSc2ccc(C(=O)N3C[C@@H]4CCC[C@@]4(C(=O)O)C3)cc2N1. The molecule has 2 heterocycles. The number of carboxylic acid groups (broad SMARTS) is 1. The molecule has 126 valence electrons. The lowest BCUT2D eigenvalue weighted by atomic mass is 9.81. The molecule has 2 atom stereocenters. The van der Waals surface area contributed by atoms with E-state index in [4.69, 9.17) is 0 Å². The molecule has 2 aliphatic heterocycles. The maximum absolute atomic E-state index is 12.8. The number of likely N-dealkylation sites (tertiary alicyclic amines) is 1. The van der Waals surface area contributed by atoms with Crippen LogP contribution in [0.25, 0.3) is 0 Å². The molecule has 0 bridgehead atoms. The van der Waals surface area contributed by atoms with E-state index in [-0.39, 0.29) is 24.3 Å². The van der Waals surface area contributed by atoms with Crippen LogP contribution in [0.3, 0.4) is 0 Å². The van der Waals surface area contributed by atoms with E-state index in [2.05, 4.69) is 5.32 Å². The van der Waals surface area contributed by atoms with Gasteiger partial charge < -0.3 is 15.3 Å². The summed E-state index contributed by atoms with van der Waals surface area (Å²) in [6.07, 6.45) is 2.43. The van der Waals surface area contributed by atoms with E-state index in [0.29, 0.717) is 30.0 Å². The van der Waals surface area contributed by atoms with E-state index in [1.54, 1.807) is 17.0 Å². The van der Waals surface area contributed by atoms with Crippen molar-refractivity contribution in [3.05, 3.63) is 23.8 Å². The highest BCUT2D eigenvalue weighted by Crippen LogP contribution is 2.49. The Bertz CT molecular complexity index is 750. The summed E-state index contributed by atoms with van der Waals surface area (Å²) in [5.74, 6) is -0.577. The number of thioether (sulfide) groups is 1. The van der Waals surface area contributed by atoms with Crippen LogP contribution >= 0.6 is 11.8 Å². The lowest BCUT2D eigenvalue weighted by molar-refractivity contribution is -0.149. The largest absolute Gasteiger partial charge is 0.481 e. The fraction of sp³-hybridized carbons (Fsp3) is 0.471. The van der Waals surface area contributed by atoms with Crippen molar-refractivity contribution in [2.75, 3.05) is 24.2 Å². The number of carbonyl (C=O) groups is 3. The number of hydrogen-bond donors (Lipinski definition) is 2. The van der Waals surface area contributed by atoms with Gasteiger partial charge in [0.1, 0.15) is 0 Å². The molecule has 1 aliphatic carbocycles. The summed E-state index contributed by atoms with van der Waals surface area (Å²) in [5, 5.41) is 12.4. The monoisotopic (exact) mass is 346 g/mol. The molecule has 0 aromatic heterocycles. The number of nitrogens with zero attached hydrogens (tertiary/aromatic N) is 1. The molecular formula is C17H18N2O4S. The van der Waals surface area contributed by atoms with Gasteiger partial charge in [-0.15, -0.1) is 11.8 Å². The number of anilines is 1. The Balaban J connectivity index is 1.58. The minimum Gasteiger partial charge on any atom is -0.481 e. The molecule has 1 saturated carbocycles. The standard InChI is InChI=1S/C17H18N2O4S/c20-14-8-24-13-4-3-10(6-12(13)18-14)15(21)19-7-11-2-1-5-17(11,9-19)16(22)23/h3-4,6,11H,1-2,5,7-9H2,(H,18,20)(H,22,23)/t11-,17+/m0/s1. The lowest BCUT2D eigenvalue weighted by Crippen LogP contribution is -2.37. The van der Waals surface area contributed by atoms with Gasteiger partial charge in [0, 0.05) is 23.5 Å². The Morgan fingerprint density at radius 2 is 2.21 bits per heavy atom. The van der Waals surface area contributed by atoms with Crippen LogP contribution in [0.1, 0.15) is 29.6 Å². The molecule has 3 aliphatic rings. The van der Waals surface area contributed by atoms with Gasteiger partial charge in [-0.25, -0.2) is 0 Å². The van der Waals surface area contributed by atoms with Crippen molar-refractivity contribution in [3.63, 3.8) is 0 Å². The number of fused-ring (bicyclic) bond motifs is 2. The van der Waals surface area contributed by atoms with Crippen LogP contribution in [0.2, 0.25) is 0 Å². The summed E-state index contributed by atoms with van der Waals surface area (Å²) in [7, 11) is 0. The van der Waals surface area contributed by atoms with Crippen LogP contribution in [0.5, 0.6) is 0 Å². The maximum Gasteiger partial charge on any atom is 0.311 e. The Hall–Kier alpha value is -2.02. The number of carboxylic acids is 1. The van der Waals surface area contributed by atoms with Gasteiger partial charge in [-0.05, 0) is 37.0 Å². The van der Waals surface area contributed by atoms with Crippen molar-refractivity contribution in [1.82, 2.24) is 4.90 Å². The minimum absolute atomic E-state index is 0.0480. The van der Waals surface area contributed by atoms with E-state index < -0.39 is 11.4 Å². The normalized spacial score (nSPS) is 28.2. The predicted molar refractivity (Wildman–Crippen MR) is 89.1 cm³/mol. The molecule has 0 radical (unpaired) electrons. The predicted octanol–water partition coefficient (Wildman–Crippen LogP) is 2.06. The molecule has 2 amide bonds. The zero-order chi connectivity index (χ0) is 16.9. The van der Waals surface area contributed by atoms with Crippen molar-refractivity contribution in [2.45, 2.75) is 24.2 Å². The van der Waals surface area contributed by atoms with Crippen LogP contribution in [0.15, 0.2) is 23.1 Å². The van der Waals surface area contributed by atoms with Crippen molar-refractivity contribution >= 4 is 35.2 Å². The minimum atomic E-state index is -0.783. The molecule has 1 aromatic carbocycles. The molecule has 7 heteroatoms. The molecule has 0 unspecified atom stereocenters. The van der Waals surface area contributed by atoms with Crippen LogP contribution < -0.4 is 5.32 Å². The molecular weight excluding hydrogens is 328 g/mol. The van der Waals surface area contributed by atoms with Crippen LogP contribution in [0, 0.1) is 11.3 Å². The third kappa shape index (κ3) is 2.30. The van der Waals surface area contributed by atoms with Crippen molar-refractivity contribution in [1.29, 1.82) is 0 Å². The van der Waals surface area contributed by atoms with Gasteiger partial charge in [0.25, 0.3) is 5.91 Å². The van der Waals surface area contributed by atoms with Crippen molar-refractivity contribution < 1.29 is 19.5 Å². The van der Waals surface area contributed by atoms with Crippen LogP contribution in [0.4, 0.5) is 5.69 Å². The number of benzene rings is 1. The second-order valence-electron chi connectivity index (χ2n) is 6.78. The first-order valence-corrected chi connectivity index (χ1v) is 9.07. The summed E-state index contributed by atoms with van der Waals surface area (Å²) in [5.41, 5.74) is 0.389. The first kappa shape index (κ1) is 15.5. The zero-order valence-corrected chi connectivity index (χ0v) is 13.9. The molecule has 2 N–H and O–H groups in total. The number of hydrogen-bond acceptors (Lipinski definition) is 4. The van der Waals surface area contributed by atoms with Crippen molar-refractivity contribution in [2.24, 2.45) is 11.3 Å². The highest BCUT2D eigenvalue weighted by molar-refractivity contribution is 8.00. The van der Waals surface area contributed by atoms with E-state index in [9.17, 15) is 19.5 Å². The van der Waals surface area contributed by atoms with Crippen LogP contribution in [-0.4, -0.2) is 46.6 Å². The first-order chi connectivity index (χ1) is 11.5. The van der Waals surface area contributed by atoms with Gasteiger partial charge in [0.2, 0.25) is 5.91 Å². The average Bonchev–Trinajstić information content (AvgIpc) is 3.11. The molecule has 24 heavy (non-hydrogen) atoms. The first-order valence-electron chi connectivity index (χ1n) is 8.09. The van der Waals surface area contributed by atoms with Crippen LogP contribution in [-0.2, 0) is 9.59 Å². The Labute approximate surface area is 143 Å². The van der Waals surface area contributed by atoms with Gasteiger partial charge >= 0.3 is 5.97 Å². The Kier molecular flexibility index (Phi) is 3.56. The quantitative estimate of drug-likeness (QED) is 0.856. The third-order valence-corrected chi connectivity index (χ3v) is 6.52. The molecule has 4 rings (SSSR count). The van der Waals surface area contributed by atoms with Gasteiger partial charge in [-0.3, -0.25) is 14.4 Å². The van der Waals surface area contributed by atoms with Gasteiger partial charge in [0.05, 0.1) is 16.9 Å². The van der Waals surface area contributed by atoms with Crippen molar-refractivity contribution in [3.8, 4) is 0 Å². The Morgan fingerprint density at radius 1 is 1.38 bits per heavy atom. The summed E-state index contributed by atoms with van der Waals surface area (Å²) >= 11 is 1.45. The average molecular weight is 346 g/mol. The molecule has 1 saturated heterocycles. The smallest absolute Gasteiger partial charge is 0.311 e. The maximum atomic E-state index is 12.8. The second-order valence-corrected chi connectivity index (χ2v) is 7.80. The van der Waals surface area contributed by atoms with E-state index in [1.165, 1.54) is 11.8 Å². The lowest BCUT2D eigenvalue weighted by Gasteiger charge is -2.23. The topological polar surface area (TPSA) is 86.7 Å². The summed E-state index contributed by atoms with van der Waals surface area (Å²) in [4.78, 5) is 38.7. The van der Waals surface area contributed by atoms with E-state index in [1.807, 2.05) is 6.07 Å². The molecule has 0 spiro atoms. The number of carbonyl (C=O) groups excluding carboxylic acids is 2. The van der Waals surface area contributed by atoms with E-state index >= 15 is 0 Å². The number of nitrogens with one attached hydrogen (secondary N) is 1. The summed E-state index contributed by atoms with van der Waals surface area (Å²) in [6.45, 7) is 0.785. The fourth-order valence-corrected chi connectivity index (χ4v) is 4.98. The number of rotatable bonds is 2. The number of aliphatic carboxylic acids is 1. The van der Waals surface area contributed by atoms with Gasteiger partial charge in [-0.1, -0.05) is 6.42 Å². The highest BCUT2D eigenvalue weighted by Gasteiger charge is 2.55. The molecule has 2 fully saturated rings. The Morgan fingerprint density at radius 3 is 2.96 bits per heavy atom. The molecule has 6 nitrogen and oxygen atoms in total. The zero-order valence-electron chi connectivity index (χ0n) is 13.1. The van der Waals surface area contributed by atoms with E-state index in [0.717, 1.165) is 17.7 Å². The number of amides is 2. The highest BCUT2D eigenvalue weighted by atomic mass is 32.2. The molecule has 1 aromatic rings. The van der Waals surface area contributed by atoms with Gasteiger partial charge in [-0.2, -0.15) is 0 Å². The summed E-state index contributed by atoms with van der Waals surface area (Å²) in [6, 6.07) is 5.30. The fourth-order valence-electron chi connectivity index (χ4n) is 4.19. The second kappa shape index (κ2) is 5.51. The third-order valence-electron chi connectivity index (χ3n) is 5.44. The summed E-state index contributed by atoms with van der Waals surface area (Å²) < 4.78 is 0. The van der Waals surface area contributed by atoms with Gasteiger partial charge in [0.15, 0.2) is 0 Å².